The number of hydrogen-bond donors (Lipinski definition) is 0. The molecule has 0 saturated carbocycles. The third kappa shape index (κ3) is 3.01. The molecule has 5 nitrogen and oxygen atoms in total. The van der Waals surface area contributed by atoms with Crippen molar-refractivity contribution in [3.63, 3.8) is 0 Å². The van der Waals surface area contributed by atoms with Crippen LogP contribution in [0.3, 0.4) is 0 Å². The number of fused-ring (bicyclic) bond motifs is 5. The van der Waals surface area contributed by atoms with E-state index >= 15 is 0 Å². The first-order chi connectivity index (χ1) is 14.6. The summed E-state index contributed by atoms with van der Waals surface area (Å²) in [7, 11) is 3.32. The number of pyridine rings is 2. The van der Waals surface area contributed by atoms with Crippen molar-refractivity contribution in [3.8, 4) is 22.8 Å². The van der Waals surface area contributed by atoms with Crippen LogP contribution in [0.5, 0.6) is 11.5 Å². The van der Waals surface area contributed by atoms with Gasteiger partial charge >= 0.3 is 0 Å². The molecule has 2 heterocycles. The summed E-state index contributed by atoms with van der Waals surface area (Å²) < 4.78 is 11.2. The number of methoxy groups -OCH3 is 2. The van der Waals surface area contributed by atoms with E-state index in [2.05, 4.69) is 33.8 Å². The normalized spacial score (nSPS) is 18.2. The van der Waals surface area contributed by atoms with Gasteiger partial charge in [0.15, 0.2) is 5.78 Å². The largest absolute Gasteiger partial charge is 0.496 e. The van der Waals surface area contributed by atoms with Crippen LogP contribution in [0.4, 0.5) is 0 Å². The number of nitrogens with zero attached hydrogens (tertiary/aromatic N) is 2. The molecule has 0 aliphatic heterocycles. The van der Waals surface area contributed by atoms with Crippen LogP contribution in [0.25, 0.3) is 22.2 Å². The maximum atomic E-state index is 12.9. The van der Waals surface area contributed by atoms with Crippen molar-refractivity contribution in [1.29, 1.82) is 0 Å². The fraction of sp³-hybridized carbons (Fsp3) is 0.423. The molecule has 160 valence electrons. The molecule has 1 aromatic carbocycles. The Hall–Kier alpha value is -2.95. The Morgan fingerprint density at radius 3 is 2.23 bits per heavy atom. The molecule has 3 aromatic rings. The van der Waals surface area contributed by atoms with E-state index in [0.29, 0.717) is 12.2 Å². The van der Waals surface area contributed by atoms with Crippen LogP contribution in [0.1, 0.15) is 61.4 Å². The minimum absolute atomic E-state index is 0.0498. The summed E-state index contributed by atoms with van der Waals surface area (Å²) in [6.45, 7) is 8.74. The second-order valence-electron chi connectivity index (χ2n) is 10.2. The van der Waals surface area contributed by atoms with E-state index < -0.39 is 0 Å². The smallest absolute Gasteiger partial charge is 0.165 e. The molecule has 5 rings (SSSR count). The quantitative estimate of drug-likeness (QED) is 0.567. The van der Waals surface area contributed by atoms with Gasteiger partial charge in [0.2, 0.25) is 0 Å². The molecule has 0 atom stereocenters. The van der Waals surface area contributed by atoms with Gasteiger partial charge in [0.25, 0.3) is 0 Å². The van der Waals surface area contributed by atoms with Gasteiger partial charge in [-0.15, -0.1) is 0 Å². The lowest BCUT2D eigenvalue weighted by Crippen LogP contribution is -2.31. The molecule has 5 heteroatoms. The average molecular weight is 417 g/mol. The van der Waals surface area contributed by atoms with Crippen LogP contribution in [0.15, 0.2) is 24.3 Å². The number of carbonyl (C=O) groups excluding carboxylic acids is 1. The van der Waals surface area contributed by atoms with Crippen LogP contribution >= 0.6 is 0 Å². The van der Waals surface area contributed by atoms with Gasteiger partial charge in [-0.2, -0.15) is 0 Å². The number of Topliss-reactive ketones (excluding diaryl/α,β-unsaturated/α-hetero) is 1. The summed E-state index contributed by atoms with van der Waals surface area (Å²) in [6, 6.07) is 8.00. The summed E-state index contributed by atoms with van der Waals surface area (Å²) in [5.41, 5.74) is 6.27. The van der Waals surface area contributed by atoms with E-state index in [9.17, 15) is 4.79 Å². The highest BCUT2D eigenvalue weighted by atomic mass is 16.5. The molecule has 2 aromatic heterocycles. The number of aromatic nitrogens is 2. The predicted octanol–water partition coefficient (Wildman–Crippen LogP) is 5.30. The fourth-order valence-corrected chi connectivity index (χ4v) is 5.14. The molecule has 0 spiro atoms. The maximum absolute atomic E-state index is 12.9. The molecule has 2 aliphatic carbocycles. The molecule has 0 radical (unpaired) electrons. The molecule has 0 fully saturated rings. The first kappa shape index (κ1) is 20.0. The molecule has 0 N–H and O–H groups in total. The minimum atomic E-state index is -0.146. The highest BCUT2D eigenvalue weighted by molar-refractivity contribution is 6.00. The van der Waals surface area contributed by atoms with Gasteiger partial charge in [-0.25, -0.2) is 4.98 Å². The average Bonchev–Trinajstić information content (AvgIpc) is 2.70. The lowest BCUT2D eigenvalue weighted by Gasteiger charge is -2.35. The monoisotopic (exact) mass is 416 g/mol. The van der Waals surface area contributed by atoms with Crippen molar-refractivity contribution in [2.24, 2.45) is 5.41 Å². The van der Waals surface area contributed by atoms with E-state index in [0.717, 1.165) is 63.3 Å². The van der Waals surface area contributed by atoms with Crippen LogP contribution in [-0.2, 0) is 18.3 Å². The standard InChI is InChI=1S/C26H28N2O3/c1-25(2)11-18-14(20(29)13-25)9-15-19(27-18)12-26(3,4)17-10-16-21(30-5)7-8-22(31-6)24(16)28-23(15)17/h7-10H,11-13H2,1-6H3. The van der Waals surface area contributed by atoms with Crippen molar-refractivity contribution >= 4 is 16.7 Å². The first-order valence-corrected chi connectivity index (χ1v) is 10.8. The van der Waals surface area contributed by atoms with Crippen LogP contribution in [0.2, 0.25) is 0 Å². The molecule has 2 aliphatic rings. The van der Waals surface area contributed by atoms with Crippen molar-refractivity contribution in [3.05, 3.63) is 46.8 Å². The van der Waals surface area contributed by atoms with E-state index in [-0.39, 0.29) is 16.6 Å². The second-order valence-corrected chi connectivity index (χ2v) is 10.2. The van der Waals surface area contributed by atoms with Gasteiger partial charge in [0.1, 0.15) is 17.0 Å². The zero-order valence-electron chi connectivity index (χ0n) is 19.0. The van der Waals surface area contributed by atoms with E-state index in [1.165, 1.54) is 0 Å². The zero-order chi connectivity index (χ0) is 22.1. The van der Waals surface area contributed by atoms with Crippen molar-refractivity contribution in [2.45, 2.75) is 52.4 Å². The zero-order valence-corrected chi connectivity index (χ0v) is 19.0. The van der Waals surface area contributed by atoms with Crippen molar-refractivity contribution in [2.75, 3.05) is 14.2 Å². The summed E-state index contributed by atoms with van der Waals surface area (Å²) in [5.74, 6) is 1.65. The number of ketones is 1. The summed E-state index contributed by atoms with van der Waals surface area (Å²) in [4.78, 5) is 23.0. The van der Waals surface area contributed by atoms with Crippen molar-refractivity contribution < 1.29 is 14.3 Å². The molecular formula is C26H28N2O3. The molecular weight excluding hydrogens is 388 g/mol. The molecule has 0 unspecified atom stereocenters. The van der Waals surface area contributed by atoms with Gasteiger partial charge in [0.05, 0.1) is 31.3 Å². The Kier molecular flexibility index (Phi) is 4.20. The van der Waals surface area contributed by atoms with Crippen molar-refractivity contribution in [1.82, 2.24) is 9.97 Å². The molecule has 0 bridgehead atoms. The lowest BCUT2D eigenvalue weighted by atomic mass is 9.71. The number of benzene rings is 1. The highest BCUT2D eigenvalue weighted by Crippen LogP contribution is 2.46. The minimum Gasteiger partial charge on any atom is -0.496 e. The van der Waals surface area contributed by atoms with Crippen LogP contribution in [0, 0.1) is 5.41 Å². The fourth-order valence-electron chi connectivity index (χ4n) is 5.14. The second kappa shape index (κ2) is 6.52. The van der Waals surface area contributed by atoms with Gasteiger partial charge in [0, 0.05) is 22.9 Å². The third-order valence-electron chi connectivity index (χ3n) is 6.71. The third-order valence-corrected chi connectivity index (χ3v) is 6.71. The SMILES string of the molecule is COc1ccc(OC)c2nc3c(cc12)C(C)(C)Cc1nc2c(cc1-3)C(=O)CC(C)(C)C2. The highest BCUT2D eigenvalue weighted by Gasteiger charge is 2.38. The summed E-state index contributed by atoms with van der Waals surface area (Å²) in [6.07, 6.45) is 2.18. The topological polar surface area (TPSA) is 61.3 Å². The number of hydrogen-bond acceptors (Lipinski definition) is 5. The lowest BCUT2D eigenvalue weighted by molar-refractivity contribution is 0.0910. The first-order valence-electron chi connectivity index (χ1n) is 10.8. The van der Waals surface area contributed by atoms with Gasteiger partial charge in [-0.1, -0.05) is 27.7 Å². The van der Waals surface area contributed by atoms with Gasteiger partial charge in [-0.05, 0) is 53.5 Å². The summed E-state index contributed by atoms with van der Waals surface area (Å²) >= 11 is 0. The van der Waals surface area contributed by atoms with Crippen LogP contribution in [-0.4, -0.2) is 30.0 Å². The van der Waals surface area contributed by atoms with Crippen LogP contribution < -0.4 is 9.47 Å². The van der Waals surface area contributed by atoms with E-state index in [1.54, 1.807) is 14.2 Å². The van der Waals surface area contributed by atoms with Gasteiger partial charge in [-0.3, -0.25) is 9.78 Å². The molecule has 31 heavy (non-hydrogen) atoms. The molecule has 0 amide bonds. The Bertz CT molecular complexity index is 1260. The Labute approximate surface area is 182 Å². The Morgan fingerprint density at radius 2 is 1.52 bits per heavy atom. The number of ether oxygens (including phenoxy) is 2. The van der Waals surface area contributed by atoms with E-state index in [4.69, 9.17) is 19.4 Å². The maximum Gasteiger partial charge on any atom is 0.165 e. The number of rotatable bonds is 2. The Morgan fingerprint density at radius 1 is 0.839 bits per heavy atom. The van der Waals surface area contributed by atoms with Gasteiger partial charge < -0.3 is 9.47 Å². The summed E-state index contributed by atoms with van der Waals surface area (Å²) in [5, 5.41) is 0.931. The van der Waals surface area contributed by atoms with E-state index in [1.807, 2.05) is 18.2 Å². The predicted molar refractivity (Wildman–Crippen MR) is 121 cm³/mol. The molecule has 0 saturated heterocycles. The number of carbonyl (C=O) groups is 1. The Balaban J connectivity index is 1.81.